The van der Waals surface area contributed by atoms with Gasteiger partial charge in [-0.1, -0.05) is 0 Å². The van der Waals surface area contributed by atoms with Gasteiger partial charge in [0.15, 0.2) is 5.78 Å². The van der Waals surface area contributed by atoms with Crippen LogP contribution in [0.2, 0.25) is 0 Å². The van der Waals surface area contributed by atoms with Gasteiger partial charge in [-0.2, -0.15) is 0 Å². The minimum atomic E-state index is -4.84. The Balaban J connectivity index is 0. The molecule has 0 aromatic rings. The molecule has 0 saturated heterocycles. The van der Waals surface area contributed by atoms with E-state index >= 15 is 0 Å². The number of carbonyl (C=O) groups excluding carboxylic acids is 2. The quantitative estimate of drug-likeness (QED) is 0.357. The molecular formula is C8H9NaO5S. The van der Waals surface area contributed by atoms with Crippen molar-refractivity contribution in [2.45, 2.75) is 24.5 Å². The number of rotatable bonds is 6. The maximum atomic E-state index is 10.9. The molecule has 0 aliphatic rings. The number of carbonyl (C=O) groups is 2. The molecule has 0 rings (SSSR count). The summed E-state index contributed by atoms with van der Waals surface area (Å²) in [5.41, 5.74) is 0. The normalized spacial score (nSPS) is 12.7. The molecule has 5 nitrogen and oxygen atoms in total. The van der Waals surface area contributed by atoms with Gasteiger partial charge in [0.05, 0.1) is 0 Å². The van der Waals surface area contributed by atoms with Gasteiger partial charge in [0, 0.05) is 19.3 Å². The predicted octanol–water partition coefficient (Wildman–Crippen LogP) is -3.37. The smallest absolute Gasteiger partial charge is 0.747 e. The van der Waals surface area contributed by atoms with Crippen molar-refractivity contribution in [3.05, 3.63) is 13.8 Å². The first-order valence-electron chi connectivity index (χ1n) is 3.72. The van der Waals surface area contributed by atoms with Crippen LogP contribution < -0.4 is 29.6 Å². The zero-order valence-corrected chi connectivity index (χ0v) is 11.1. The summed E-state index contributed by atoms with van der Waals surface area (Å²) in [7, 11) is -4.84. The van der Waals surface area contributed by atoms with Crippen LogP contribution in [0.4, 0.5) is 0 Å². The summed E-state index contributed by atoms with van der Waals surface area (Å²) in [6.07, 6.45) is -1.70. The predicted molar refractivity (Wildman–Crippen MR) is 46.0 cm³/mol. The molecule has 15 heavy (non-hydrogen) atoms. The van der Waals surface area contributed by atoms with Crippen LogP contribution in [0, 0.1) is 13.8 Å². The summed E-state index contributed by atoms with van der Waals surface area (Å²) in [5.74, 6) is -1.64. The minimum Gasteiger partial charge on any atom is -0.747 e. The van der Waals surface area contributed by atoms with E-state index in [1.54, 1.807) is 0 Å². The molecule has 0 saturated carbocycles. The summed E-state index contributed by atoms with van der Waals surface area (Å²) >= 11 is 0. The van der Waals surface area contributed by atoms with Gasteiger partial charge in [-0.3, -0.25) is 9.59 Å². The van der Waals surface area contributed by atoms with Crippen LogP contribution in [0.1, 0.15) is 19.3 Å². The second-order valence-electron chi connectivity index (χ2n) is 2.60. The van der Waals surface area contributed by atoms with E-state index in [0.717, 1.165) is 0 Å². The molecule has 0 aliphatic heterocycles. The van der Waals surface area contributed by atoms with Gasteiger partial charge in [-0.15, -0.1) is 0 Å². The van der Waals surface area contributed by atoms with E-state index < -0.39 is 46.2 Å². The Morgan fingerprint density at radius 1 is 1.20 bits per heavy atom. The molecule has 4 radical (unpaired) electrons. The topological polar surface area (TPSA) is 91.3 Å². The Morgan fingerprint density at radius 2 is 1.67 bits per heavy atom. The second kappa shape index (κ2) is 7.51. The number of Topliss-reactive ketones (excluding diaryl/α,β-unsaturated/α-hetero) is 2. The third-order valence-electron chi connectivity index (χ3n) is 1.55. The van der Waals surface area contributed by atoms with Crippen molar-refractivity contribution in [2.75, 3.05) is 0 Å². The molecule has 78 valence electrons. The van der Waals surface area contributed by atoms with E-state index in [1.165, 1.54) is 0 Å². The zero-order chi connectivity index (χ0) is 11.4. The molecule has 0 amide bonds. The maximum Gasteiger partial charge on any atom is 1.00 e. The van der Waals surface area contributed by atoms with Crippen LogP contribution >= 0.6 is 0 Å². The van der Waals surface area contributed by atoms with Crippen molar-refractivity contribution < 1.29 is 52.1 Å². The average molecular weight is 240 g/mol. The fraction of sp³-hybridized carbons (Fsp3) is 0.500. The molecule has 0 aromatic heterocycles. The first kappa shape index (κ1) is 17.6. The van der Waals surface area contributed by atoms with Crippen molar-refractivity contribution in [1.82, 2.24) is 0 Å². The number of hydrogen-bond donors (Lipinski definition) is 0. The van der Waals surface area contributed by atoms with Crippen molar-refractivity contribution in [2.24, 2.45) is 0 Å². The van der Waals surface area contributed by atoms with Gasteiger partial charge in [0.1, 0.15) is 21.2 Å². The summed E-state index contributed by atoms with van der Waals surface area (Å²) in [4.78, 5) is 21.7. The number of hydrogen-bond acceptors (Lipinski definition) is 5. The molecule has 0 fully saturated rings. The Labute approximate surface area is 112 Å². The van der Waals surface area contributed by atoms with E-state index in [0.29, 0.717) is 0 Å². The fourth-order valence-corrected chi connectivity index (χ4v) is 1.61. The summed E-state index contributed by atoms with van der Waals surface area (Å²) in [6.45, 7) is 9.81. The third-order valence-corrected chi connectivity index (χ3v) is 2.68. The molecule has 1 atom stereocenters. The largest absolute Gasteiger partial charge is 1.00 e. The van der Waals surface area contributed by atoms with E-state index in [1.807, 2.05) is 0 Å². The molecular weight excluding hydrogens is 231 g/mol. The van der Waals surface area contributed by atoms with Gasteiger partial charge < -0.3 is 4.55 Å². The average Bonchev–Trinajstić information content (AvgIpc) is 2.10. The van der Waals surface area contributed by atoms with Crippen LogP contribution in [-0.4, -0.2) is 29.8 Å². The first-order valence-corrected chi connectivity index (χ1v) is 5.19. The molecule has 0 N–H and O–H groups in total. The summed E-state index contributed by atoms with van der Waals surface area (Å²) < 4.78 is 31.7. The van der Waals surface area contributed by atoms with Crippen LogP contribution in [0.15, 0.2) is 0 Å². The van der Waals surface area contributed by atoms with Gasteiger partial charge in [-0.25, -0.2) is 8.42 Å². The summed E-state index contributed by atoms with van der Waals surface area (Å²) in [5, 5.41) is -1.90. The fourth-order valence-electron chi connectivity index (χ4n) is 0.798. The zero-order valence-electron chi connectivity index (χ0n) is 8.30. The van der Waals surface area contributed by atoms with E-state index in [2.05, 4.69) is 0 Å². The molecule has 0 spiro atoms. The number of ketones is 2. The standard InChI is InChI=1S/C8H10O5S.Na/c1-3-6(9)5-8(7(10)4-2)14(11,12)13;/h1-2,8H,3-5H2,(H,11,12,13);/q;+1/p-1. The van der Waals surface area contributed by atoms with E-state index in [9.17, 15) is 22.6 Å². The Morgan fingerprint density at radius 3 is 1.93 bits per heavy atom. The van der Waals surface area contributed by atoms with Gasteiger partial charge in [0.2, 0.25) is 0 Å². The SMILES string of the molecule is [CH]CC(=O)CC(C(=O)C[CH])S(=O)(=O)[O-].[Na+]. The van der Waals surface area contributed by atoms with Crippen molar-refractivity contribution in [3.8, 4) is 0 Å². The Hall–Kier alpha value is 0.250. The molecule has 0 bridgehead atoms. The molecule has 1 unspecified atom stereocenters. The summed E-state index contributed by atoms with van der Waals surface area (Å²) in [6, 6.07) is 0. The van der Waals surface area contributed by atoms with Crippen LogP contribution in [0.5, 0.6) is 0 Å². The molecule has 7 heteroatoms. The Bertz CT molecular complexity index is 322. The van der Waals surface area contributed by atoms with Crippen LogP contribution in [-0.2, 0) is 19.7 Å². The molecule has 0 aliphatic carbocycles. The van der Waals surface area contributed by atoms with Gasteiger partial charge >= 0.3 is 29.6 Å². The molecule has 0 heterocycles. The van der Waals surface area contributed by atoms with Crippen molar-refractivity contribution in [3.63, 3.8) is 0 Å². The third kappa shape index (κ3) is 6.42. The van der Waals surface area contributed by atoms with E-state index in [-0.39, 0.29) is 29.6 Å². The maximum absolute atomic E-state index is 10.9. The monoisotopic (exact) mass is 240 g/mol. The van der Waals surface area contributed by atoms with Crippen LogP contribution in [0.25, 0.3) is 0 Å². The van der Waals surface area contributed by atoms with Crippen molar-refractivity contribution in [1.29, 1.82) is 0 Å². The second-order valence-corrected chi connectivity index (χ2v) is 4.15. The Kier molecular flexibility index (Phi) is 8.83. The van der Waals surface area contributed by atoms with Gasteiger partial charge in [-0.05, 0) is 13.8 Å². The van der Waals surface area contributed by atoms with Crippen LogP contribution in [0.3, 0.4) is 0 Å². The van der Waals surface area contributed by atoms with Gasteiger partial charge in [0.25, 0.3) is 0 Å². The molecule has 0 aromatic carbocycles. The van der Waals surface area contributed by atoms with E-state index in [4.69, 9.17) is 13.8 Å². The first-order chi connectivity index (χ1) is 6.32. The van der Waals surface area contributed by atoms with Crippen molar-refractivity contribution >= 4 is 21.7 Å². The minimum absolute atomic E-state index is 0.